The number of para-hydroxylation sites is 1. The largest absolute Gasteiger partial charge is 0.365 e. The molecule has 0 spiro atoms. The topological polar surface area (TPSA) is 87.1 Å². The van der Waals surface area contributed by atoms with Crippen molar-refractivity contribution in [2.24, 2.45) is 5.73 Å². The van der Waals surface area contributed by atoms with E-state index in [9.17, 15) is 14.4 Å². The maximum atomic E-state index is 12.7. The van der Waals surface area contributed by atoms with Crippen LogP contribution in [-0.4, -0.2) is 17.6 Å². The van der Waals surface area contributed by atoms with Crippen LogP contribution in [0.2, 0.25) is 0 Å². The second-order valence-electron chi connectivity index (χ2n) is 4.94. The summed E-state index contributed by atoms with van der Waals surface area (Å²) in [6.07, 6.45) is 1.11. The molecule has 6 nitrogen and oxygen atoms in total. The van der Waals surface area contributed by atoms with Gasteiger partial charge in [0.25, 0.3) is 14.6 Å². The number of nitrogens with two attached hydrogens (primary N) is 1. The Hall–Kier alpha value is -1.41. The summed E-state index contributed by atoms with van der Waals surface area (Å²) in [6.45, 7) is 3.58. The number of hydrogen-bond acceptors (Lipinski definition) is 4. The van der Waals surface area contributed by atoms with Crippen LogP contribution in [0.4, 0.5) is 0 Å². The lowest BCUT2D eigenvalue weighted by Crippen LogP contribution is -2.41. The first-order valence-electron chi connectivity index (χ1n) is 6.54. The van der Waals surface area contributed by atoms with Crippen LogP contribution < -0.4 is 17.0 Å². The number of hydrogen-bond donors (Lipinski definition) is 1. The molecule has 0 saturated heterocycles. The van der Waals surface area contributed by atoms with Gasteiger partial charge in [-0.1, -0.05) is 53.0 Å². The van der Waals surface area contributed by atoms with Gasteiger partial charge in [0.1, 0.15) is 5.56 Å². The molecule has 0 aliphatic rings. The van der Waals surface area contributed by atoms with Gasteiger partial charge in [0.2, 0.25) is 0 Å². The van der Waals surface area contributed by atoms with Crippen molar-refractivity contribution in [2.45, 2.75) is 17.0 Å². The first kappa shape index (κ1) is 18.9. The summed E-state index contributed by atoms with van der Waals surface area (Å²) in [5.41, 5.74) is 5.19. The van der Waals surface area contributed by atoms with E-state index in [0.29, 0.717) is 21.6 Å². The Kier molecular flexibility index (Phi) is 5.39. The van der Waals surface area contributed by atoms with Crippen molar-refractivity contribution in [3.8, 4) is 5.69 Å². The zero-order valence-electron chi connectivity index (χ0n) is 12.5. The molecule has 1 aromatic carbocycles. The summed E-state index contributed by atoms with van der Waals surface area (Å²) in [5.74, 6) is -0.987. The van der Waals surface area contributed by atoms with E-state index in [2.05, 4.69) is 0 Å². The van der Waals surface area contributed by atoms with Crippen LogP contribution in [0, 0.1) is 13.8 Å². The fourth-order valence-electron chi connectivity index (χ4n) is 2.23. The maximum Gasteiger partial charge on any atom is 0.346 e. The minimum atomic E-state index is -1.97. The van der Waals surface area contributed by atoms with E-state index in [1.54, 1.807) is 26.0 Å². The van der Waals surface area contributed by atoms with E-state index in [4.69, 9.17) is 40.5 Å². The minimum absolute atomic E-state index is 0.365. The van der Waals surface area contributed by atoms with E-state index >= 15 is 0 Å². The number of aromatic nitrogens is 2. The molecule has 2 N–H and O–H groups in total. The minimum Gasteiger partial charge on any atom is -0.365 e. The van der Waals surface area contributed by atoms with Crippen molar-refractivity contribution in [3.63, 3.8) is 0 Å². The number of primary amides is 1. The molecular weight excluding hydrogens is 397 g/mol. The lowest BCUT2D eigenvalue weighted by Gasteiger charge is -2.17. The summed E-state index contributed by atoms with van der Waals surface area (Å²) in [6, 6.07) is 5.40. The number of benzene rings is 1. The van der Waals surface area contributed by atoms with Gasteiger partial charge in [-0.15, -0.1) is 0 Å². The van der Waals surface area contributed by atoms with Crippen molar-refractivity contribution in [2.75, 3.05) is 0 Å². The van der Waals surface area contributed by atoms with Crippen molar-refractivity contribution >= 4 is 52.7 Å². The average Bonchev–Trinajstić information content (AvgIpc) is 2.44. The fraction of sp³-hybridized carbons (Fsp3) is 0.214. The molecule has 0 bridgehead atoms. The number of carbonyl (C=O) groups is 1. The van der Waals surface area contributed by atoms with Crippen LogP contribution in [0.15, 0.2) is 34.0 Å². The Morgan fingerprint density at radius 1 is 1.17 bits per heavy atom. The van der Waals surface area contributed by atoms with Crippen LogP contribution in [0.5, 0.6) is 0 Å². The second-order valence-corrected chi connectivity index (χ2v) is 9.05. The molecule has 1 aromatic heterocycles. The lowest BCUT2D eigenvalue weighted by molar-refractivity contribution is 0.0998. The molecule has 0 radical (unpaired) electrons. The number of alkyl halides is 3. The highest BCUT2D eigenvalue weighted by Crippen LogP contribution is 2.38. The maximum absolute atomic E-state index is 12.7. The van der Waals surface area contributed by atoms with Gasteiger partial charge in [-0.2, -0.15) is 3.97 Å². The van der Waals surface area contributed by atoms with Gasteiger partial charge in [-0.3, -0.25) is 14.2 Å². The van der Waals surface area contributed by atoms with Crippen LogP contribution in [-0.2, 0) is 0 Å². The van der Waals surface area contributed by atoms with Crippen LogP contribution in [0.3, 0.4) is 0 Å². The van der Waals surface area contributed by atoms with Gasteiger partial charge in [-0.25, -0.2) is 4.79 Å². The SMILES string of the molecule is Cc1cccc(C)c1-n1cc(C(N)=O)c(=O)n(SC(Cl)(Cl)Cl)c1=O. The Morgan fingerprint density at radius 3 is 2.17 bits per heavy atom. The van der Waals surface area contributed by atoms with E-state index in [1.165, 1.54) is 0 Å². The molecule has 0 aliphatic heterocycles. The molecule has 2 rings (SSSR count). The fourth-order valence-corrected chi connectivity index (χ4v) is 3.41. The monoisotopic (exact) mass is 407 g/mol. The quantitative estimate of drug-likeness (QED) is 0.791. The predicted octanol–water partition coefficient (Wildman–Crippen LogP) is 2.54. The number of aryl methyl sites for hydroxylation is 2. The Morgan fingerprint density at radius 2 is 1.71 bits per heavy atom. The third-order valence-corrected chi connectivity index (χ3v) is 4.53. The molecule has 0 atom stereocenters. The molecule has 1 amide bonds. The Labute approximate surface area is 156 Å². The van der Waals surface area contributed by atoms with Crippen molar-refractivity contribution in [1.82, 2.24) is 8.54 Å². The van der Waals surface area contributed by atoms with Crippen molar-refractivity contribution < 1.29 is 4.79 Å². The third kappa shape index (κ3) is 3.80. The van der Waals surface area contributed by atoms with Crippen LogP contribution in [0.1, 0.15) is 21.5 Å². The molecule has 0 aliphatic carbocycles. The summed E-state index contributed by atoms with van der Waals surface area (Å²) >= 11 is 17.4. The molecule has 0 saturated carbocycles. The molecule has 0 unspecified atom stereocenters. The molecule has 2 aromatic rings. The van der Waals surface area contributed by atoms with Gasteiger partial charge in [0.05, 0.1) is 5.69 Å². The smallest absolute Gasteiger partial charge is 0.346 e. The average molecular weight is 409 g/mol. The van der Waals surface area contributed by atoms with Gasteiger partial charge in [-0.05, 0) is 25.0 Å². The number of nitrogens with zero attached hydrogens (tertiary/aromatic N) is 2. The third-order valence-electron chi connectivity index (χ3n) is 3.19. The van der Waals surface area contributed by atoms with E-state index in [1.807, 2.05) is 6.07 Å². The molecule has 10 heteroatoms. The zero-order valence-corrected chi connectivity index (χ0v) is 15.6. The first-order chi connectivity index (χ1) is 11.0. The van der Waals surface area contributed by atoms with E-state index < -0.39 is 20.3 Å². The predicted molar refractivity (Wildman–Crippen MR) is 97.6 cm³/mol. The first-order valence-corrected chi connectivity index (χ1v) is 8.45. The molecule has 24 heavy (non-hydrogen) atoms. The van der Waals surface area contributed by atoms with E-state index in [-0.39, 0.29) is 5.56 Å². The molecule has 1 heterocycles. The standard InChI is InChI=1S/C14H12Cl3N3O3S/c1-7-4-3-5-8(2)10(7)19-6-9(11(18)21)12(22)20(13(19)23)24-14(15,16)17/h3-6H,1-2H3,(H2,18,21). The lowest BCUT2D eigenvalue weighted by atomic mass is 10.1. The number of amides is 1. The van der Waals surface area contributed by atoms with Crippen molar-refractivity contribution in [1.29, 1.82) is 0 Å². The number of carbonyl (C=O) groups excluding carboxylic acids is 1. The Bertz CT molecular complexity index is 911. The van der Waals surface area contributed by atoms with Gasteiger partial charge < -0.3 is 5.73 Å². The normalized spacial score (nSPS) is 11.5. The summed E-state index contributed by atoms with van der Waals surface area (Å²) in [7, 11) is 0. The summed E-state index contributed by atoms with van der Waals surface area (Å²) < 4.78 is -0.216. The highest BCUT2D eigenvalue weighted by molar-refractivity contribution is 8.03. The van der Waals surface area contributed by atoms with Crippen molar-refractivity contribution in [3.05, 3.63) is 61.9 Å². The Balaban J connectivity index is 2.90. The van der Waals surface area contributed by atoms with Gasteiger partial charge >= 0.3 is 5.69 Å². The van der Waals surface area contributed by atoms with Gasteiger partial charge in [0, 0.05) is 18.1 Å². The number of halogens is 3. The summed E-state index contributed by atoms with van der Waals surface area (Å²) in [4.78, 5) is 36.6. The van der Waals surface area contributed by atoms with Gasteiger partial charge in [0.15, 0.2) is 0 Å². The van der Waals surface area contributed by atoms with Crippen LogP contribution >= 0.6 is 46.8 Å². The summed E-state index contributed by atoms with van der Waals surface area (Å²) in [5, 5.41) is 0. The van der Waals surface area contributed by atoms with Crippen LogP contribution in [0.25, 0.3) is 5.69 Å². The molecule has 128 valence electrons. The molecular formula is C14H12Cl3N3O3S. The van der Waals surface area contributed by atoms with E-state index in [0.717, 1.165) is 21.9 Å². The highest BCUT2D eigenvalue weighted by atomic mass is 35.6. The molecule has 0 fully saturated rings. The number of rotatable bonds is 3. The highest BCUT2D eigenvalue weighted by Gasteiger charge is 2.27. The zero-order chi connectivity index (χ0) is 18.2. The second kappa shape index (κ2) is 6.84.